The van der Waals surface area contributed by atoms with Crippen LogP contribution < -0.4 is 0 Å². The van der Waals surface area contributed by atoms with E-state index < -0.39 is 0 Å². The Hall–Kier alpha value is -2.11. The number of hydrogen-bond donors (Lipinski definition) is 0. The van der Waals surface area contributed by atoms with E-state index in [1.54, 1.807) is 0 Å². The number of fused-ring (bicyclic) bond motifs is 1. The van der Waals surface area contributed by atoms with E-state index in [1.807, 2.05) is 41.0 Å². The molecule has 1 aromatic heterocycles. The normalized spacial score (nSPS) is 24.1. The maximum absolute atomic E-state index is 12.7. The summed E-state index contributed by atoms with van der Waals surface area (Å²) in [6.07, 6.45) is 3.91. The van der Waals surface area contributed by atoms with E-state index in [0.717, 1.165) is 31.8 Å². The number of carbonyl (C=O) groups excluding carboxylic acids is 1. The third-order valence-electron chi connectivity index (χ3n) is 5.01. The van der Waals surface area contributed by atoms with Gasteiger partial charge in [0.05, 0.1) is 24.3 Å². The minimum Gasteiger partial charge on any atom is -0.373 e. The molecule has 4 rings (SSSR count). The summed E-state index contributed by atoms with van der Waals surface area (Å²) in [4.78, 5) is 17.1. The number of morpholine rings is 1. The number of likely N-dealkylation sites (tertiary alicyclic amines) is 1. The average Bonchev–Trinajstić information content (AvgIpc) is 3.22. The Kier molecular flexibility index (Phi) is 4.12. The Labute approximate surface area is 142 Å². The van der Waals surface area contributed by atoms with Crippen molar-refractivity contribution in [2.45, 2.75) is 18.7 Å². The number of amides is 1. The first kappa shape index (κ1) is 15.4. The minimum absolute atomic E-state index is 0.105. The molecule has 0 saturated carbocycles. The number of hydrogen-bond acceptors (Lipinski definition) is 3. The molecule has 2 fully saturated rings. The van der Waals surface area contributed by atoms with Crippen LogP contribution in [-0.4, -0.2) is 58.7 Å². The highest BCUT2D eigenvalue weighted by atomic mass is 16.5. The van der Waals surface area contributed by atoms with E-state index in [0.29, 0.717) is 6.54 Å². The summed E-state index contributed by atoms with van der Waals surface area (Å²) in [7, 11) is 1.94. The van der Waals surface area contributed by atoms with Gasteiger partial charge >= 0.3 is 0 Å². The molecule has 1 aromatic carbocycles. The highest BCUT2D eigenvalue weighted by Gasteiger charge is 2.41. The fourth-order valence-corrected chi connectivity index (χ4v) is 3.75. The molecule has 0 unspecified atom stereocenters. The SMILES string of the molecule is Cn1ccc(C(=O)N2C[C@@H]3OCCN(Cc4ccccc4)[C@@H]3C2)c1. The molecule has 24 heavy (non-hydrogen) atoms. The molecule has 0 radical (unpaired) electrons. The molecule has 0 aliphatic carbocycles. The fraction of sp³-hybridized carbons (Fsp3) is 0.421. The van der Waals surface area contributed by atoms with Gasteiger partial charge in [0.15, 0.2) is 0 Å². The molecule has 1 amide bonds. The Morgan fingerprint density at radius 2 is 2.04 bits per heavy atom. The summed E-state index contributed by atoms with van der Waals surface area (Å²) in [6.45, 7) is 4.00. The van der Waals surface area contributed by atoms with Crippen molar-refractivity contribution in [3.8, 4) is 0 Å². The Morgan fingerprint density at radius 1 is 1.21 bits per heavy atom. The third kappa shape index (κ3) is 2.97. The molecule has 0 bridgehead atoms. The Bertz CT molecular complexity index is 712. The van der Waals surface area contributed by atoms with Gasteiger partial charge in [-0.3, -0.25) is 9.69 Å². The van der Waals surface area contributed by atoms with Gasteiger partial charge in [0, 0.05) is 45.6 Å². The maximum atomic E-state index is 12.7. The molecule has 0 N–H and O–H groups in total. The van der Waals surface area contributed by atoms with Gasteiger partial charge in [0.2, 0.25) is 0 Å². The quantitative estimate of drug-likeness (QED) is 0.863. The second-order valence-electron chi connectivity index (χ2n) is 6.71. The van der Waals surface area contributed by atoms with Crippen molar-refractivity contribution in [3.63, 3.8) is 0 Å². The highest BCUT2D eigenvalue weighted by Crippen LogP contribution is 2.25. The van der Waals surface area contributed by atoms with Crippen molar-refractivity contribution in [2.75, 3.05) is 26.2 Å². The van der Waals surface area contributed by atoms with Crippen LogP contribution in [0.5, 0.6) is 0 Å². The maximum Gasteiger partial charge on any atom is 0.255 e. The molecular formula is C19H23N3O2. The fourth-order valence-electron chi connectivity index (χ4n) is 3.75. The molecule has 2 aliphatic heterocycles. The summed E-state index contributed by atoms with van der Waals surface area (Å²) in [5, 5.41) is 0. The molecule has 5 heteroatoms. The van der Waals surface area contributed by atoms with Crippen molar-refractivity contribution in [1.82, 2.24) is 14.4 Å². The van der Waals surface area contributed by atoms with Gasteiger partial charge in [-0.1, -0.05) is 30.3 Å². The number of rotatable bonds is 3. The number of benzene rings is 1. The molecular weight excluding hydrogens is 302 g/mol. The van der Waals surface area contributed by atoms with Gasteiger partial charge in [-0.25, -0.2) is 0 Å². The van der Waals surface area contributed by atoms with Crippen LogP contribution in [0, 0.1) is 0 Å². The zero-order valence-electron chi connectivity index (χ0n) is 14.0. The van der Waals surface area contributed by atoms with E-state index >= 15 is 0 Å². The van der Waals surface area contributed by atoms with Crippen LogP contribution in [0.4, 0.5) is 0 Å². The summed E-state index contributed by atoms with van der Waals surface area (Å²) in [5.74, 6) is 0.105. The second kappa shape index (κ2) is 6.42. The molecule has 3 heterocycles. The predicted octanol–water partition coefficient (Wildman–Crippen LogP) is 1.75. The smallest absolute Gasteiger partial charge is 0.255 e. The largest absolute Gasteiger partial charge is 0.373 e. The van der Waals surface area contributed by atoms with E-state index in [9.17, 15) is 4.79 Å². The second-order valence-corrected chi connectivity index (χ2v) is 6.71. The van der Waals surface area contributed by atoms with Gasteiger partial charge in [0.25, 0.3) is 5.91 Å². The average molecular weight is 325 g/mol. The number of nitrogens with zero attached hydrogens (tertiary/aromatic N) is 3. The summed E-state index contributed by atoms with van der Waals surface area (Å²) in [6, 6.07) is 12.7. The van der Waals surface area contributed by atoms with E-state index in [2.05, 4.69) is 29.2 Å². The first-order valence-electron chi connectivity index (χ1n) is 8.51. The van der Waals surface area contributed by atoms with Crippen molar-refractivity contribution in [1.29, 1.82) is 0 Å². The van der Waals surface area contributed by atoms with Crippen LogP contribution in [0.15, 0.2) is 48.8 Å². The minimum atomic E-state index is 0.105. The first-order valence-corrected chi connectivity index (χ1v) is 8.51. The third-order valence-corrected chi connectivity index (χ3v) is 5.01. The summed E-state index contributed by atoms with van der Waals surface area (Å²) >= 11 is 0. The van der Waals surface area contributed by atoms with Crippen LogP contribution in [0.2, 0.25) is 0 Å². The van der Waals surface area contributed by atoms with Crippen molar-refractivity contribution in [2.24, 2.45) is 7.05 Å². The number of aromatic nitrogens is 1. The van der Waals surface area contributed by atoms with Crippen LogP contribution in [0.1, 0.15) is 15.9 Å². The Morgan fingerprint density at radius 3 is 2.79 bits per heavy atom. The van der Waals surface area contributed by atoms with Crippen LogP contribution >= 0.6 is 0 Å². The molecule has 2 aromatic rings. The Balaban J connectivity index is 1.47. The highest BCUT2D eigenvalue weighted by molar-refractivity contribution is 5.94. The van der Waals surface area contributed by atoms with Gasteiger partial charge in [-0.15, -0.1) is 0 Å². The van der Waals surface area contributed by atoms with E-state index in [1.165, 1.54) is 5.56 Å². The zero-order valence-corrected chi connectivity index (χ0v) is 14.0. The molecule has 2 aliphatic rings. The van der Waals surface area contributed by atoms with Crippen molar-refractivity contribution < 1.29 is 9.53 Å². The van der Waals surface area contributed by atoms with E-state index in [-0.39, 0.29) is 18.1 Å². The van der Waals surface area contributed by atoms with Gasteiger partial charge in [-0.05, 0) is 11.6 Å². The molecule has 126 valence electrons. The van der Waals surface area contributed by atoms with Crippen LogP contribution in [0.3, 0.4) is 0 Å². The predicted molar refractivity (Wildman–Crippen MR) is 91.7 cm³/mol. The topological polar surface area (TPSA) is 37.7 Å². The lowest BCUT2D eigenvalue weighted by molar-refractivity contribution is -0.0503. The van der Waals surface area contributed by atoms with Crippen LogP contribution in [-0.2, 0) is 18.3 Å². The monoisotopic (exact) mass is 325 g/mol. The number of carbonyl (C=O) groups is 1. The van der Waals surface area contributed by atoms with Gasteiger partial charge < -0.3 is 14.2 Å². The number of ether oxygens (including phenoxy) is 1. The van der Waals surface area contributed by atoms with Crippen molar-refractivity contribution in [3.05, 3.63) is 59.9 Å². The van der Waals surface area contributed by atoms with Crippen molar-refractivity contribution >= 4 is 5.91 Å². The summed E-state index contributed by atoms with van der Waals surface area (Å²) < 4.78 is 7.86. The molecule has 2 atom stereocenters. The van der Waals surface area contributed by atoms with Gasteiger partial charge in [0.1, 0.15) is 0 Å². The first-order chi connectivity index (χ1) is 11.7. The molecule has 0 spiro atoms. The lowest BCUT2D eigenvalue weighted by Crippen LogP contribution is -2.50. The molecule has 2 saturated heterocycles. The van der Waals surface area contributed by atoms with Crippen LogP contribution in [0.25, 0.3) is 0 Å². The number of aryl methyl sites for hydroxylation is 1. The zero-order chi connectivity index (χ0) is 16.5. The standard InChI is InChI=1S/C19H23N3O2/c1-20-8-7-16(12-20)19(23)22-13-17-18(14-22)24-10-9-21(17)11-15-5-3-2-4-6-15/h2-8,12,17-18H,9-11,13-14H2,1H3/t17-,18+/m1/s1. The molecule has 5 nitrogen and oxygen atoms in total. The van der Waals surface area contributed by atoms with Gasteiger partial charge in [-0.2, -0.15) is 0 Å². The lowest BCUT2D eigenvalue weighted by Gasteiger charge is -2.36. The van der Waals surface area contributed by atoms with E-state index in [4.69, 9.17) is 4.74 Å². The lowest BCUT2D eigenvalue weighted by atomic mass is 10.1. The summed E-state index contributed by atoms with van der Waals surface area (Å²) in [5.41, 5.74) is 2.07.